The minimum Gasteiger partial charge on any atom is -0.484 e. The highest BCUT2D eigenvalue weighted by atomic mass is 19.4. The SMILES string of the molecule is Cc1ccc(C2=NN(C(=O)COc3ccc(C)c(C)c3)[C@](O)(C(F)(F)F)C2)cc1. The third kappa shape index (κ3) is 4.12. The highest BCUT2D eigenvalue weighted by molar-refractivity contribution is 6.03. The third-order valence-corrected chi connectivity index (χ3v) is 4.90. The number of aliphatic hydroxyl groups is 1. The number of hydrogen-bond donors (Lipinski definition) is 1. The minimum atomic E-state index is -5.08. The molecule has 1 amide bonds. The van der Waals surface area contributed by atoms with Gasteiger partial charge < -0.3 is 9.84 Å². The summed E-state index contributed by atoms with van der Waals surface area (Å²) in [5.41, 5.74) is -0.178. The van der Waals surface area contributed by atoms with Crippen LogP contribution >= 0.6 is 0 Å². The van der Waals surface area contributed by atoms with Crippen LogP contribution in [-0.2, 0) is 4.79 Å². The molecular formula is C21H21F3N2O3. The van der Waals surface area contributed by atoms with E-state index in [2.05, 4.69) is 5.10 Å². The molecule has 1 aliphatic heterocycles. The molecule has 2 aromatic rings. The Morgan fingerprint density at radius 1 is 1.14 bits per heavy atom. The van der Waals surface area contributed by atoms with Gasteiger partial charge in [-0.05, 0) is 49.6 Å². The first kappa shape index (κ1) is 20.9. The number of amides is 1. The Morgan fingerprint density at radius 3 is 2.38 bits per heavy atom. The van der Waals surface area contributed by atoms with Gasteiger partial charge in [0.05, 0.1) is 12.1 Å². The predicted molar refractivity (Wildman–Crippen MR) is 102 cm³/mol. The fraction of sp³-hybridized carbons (Fsp3) is 0.333. The van der Waals surface area contributed by atoms with Crippen LogP contribution in [0.3, 0.4) is 0 Å². The number of hydrazone groups is 1. The molecule has 0 spiro atoms. The van der Waals surface area contributed by atoms with Crippen molar-refractivity contribution >= 4 is 11.6 Å². The number of carbonyl (C=O) groups is 1. The number of rotatable bonds is 4. The molecule has 0 unspecified atom stereocenters. The lowest BCUT2D eigenvalue weighted by Gasteiger charge is -2.32. The first-order valence-electron chi connectivity index (χ1n) is 8.98. The Hall–Kier alpha value is -2.87. The van der Waals surface area contributed by atoms with Crippen molar-refractivity contribution in [1.29, 1.82) is 0 Å². The monoisotopic (exact) mass is 406 g/mol. The van der Waals surface area contributed by atoms with Gasteiger partial charge in [-0.3, -0.25) is 4.79 Å². The molecule has 8 heteroatoms. The molecule has 0 saturated carbocycles. The van der Waals surface area contributed by atoms with E-state index in [-0.39, 0.29) is 10.7 Å². The number of halogens is 3. The molecule has 0 aliphatic carbocycles. The first-order valence-corrected chi connectivity index (χ1v) is 8.98. The Labute approximate surface area is 166 Å². The standard InChI is InChI=1S/C21H21F3N2O3/c1-13-4-7-16(8-5-13)18-11-20(28,21(22,23)24)26(25-18)19(27)12-29-17-9-6-14(2)15(3)10-17/h4-10,28H,11-12H2,1-3H3/t20-/m1/s1. The average Bonchev–Trinajstić information content (AvgIpc) is 3.02. The van der Waals surface area contributed by atoms with E-state index in [0.717, 1.165) is 16.7 Å². The lowest BCUT2D eigenvalue weighted by molar-refractivity contribution is -0.302. The van der Waals surface area contributed by atoms with Crippen molar-refractivity contribution in [1.82, 2.24) is 5.01 Å². The maximum Gasteiger partial charge on any atom is 0.438 e. The van der Waals surface area contributed by atoms with Gasteiger partial charge in [-0.2, -0.15) is 23.3 Å². The number of nitrogens with zero attached hydrogens (tertiary/aromatic N) is 2. The van der Waals surface area contributed by atoms with Gasteiger partial charge in [-0.1, -0.05) is 35.9 Å². The van der Waals surface area contributed by atoms with Gasteiger partial charge in [-0.25, -0.2) is 0 Å². The van der Waals surface area contributed by atoms with Gasteiger partial charge in [0.2, 0.25) is 0 Å². The van der Waals surface area contributed by atoms with Crippen LogP contribution in [0.5, 0.6) is 5.75 Å². The molecule has 5 nitrogen and oxygen atoms in total. The molecule has 29 heavy (non-hydrogen) atoms. The fourth-order valence-corrected chi connectivity index (χ4v) is 2.95. The Balaban J connectivity index is 1.84. The maximum absolute atomic E-state index is 13.6. The van der Waals surface area contributed by atoms with E-state index >= 15 is 0 Å². The second-order valence-electron chi connectivity index (χ2n) is 7.14. The number of carbonyl (C=O) groups excluding carboxylic acids is 1. The van der Waals surface area contributed by atoms with E-state index in [9.17, 15) is 23.1 Å². The molecule has 1 N–H and O–H groups in total. The lowest BCUT2D eigenvalue weighted by atomic mass is 10.00. The van der Waals surface area contributed by atoms with Gasteiger partial charge in [0.15, 0.2) is 6.61 Å². The molecule has 3 rings (SSSR count). The molecule has 154 valence electrons. The molecule has 0 fully saturated rings. The predicted octanol–water partition coefficient (Wildman–Crippen LogP) is 3.88. The van der Waals surface area contributed by atoms with Crippen LogP contribution in [0.1, 0.15) is 28.7 Å². The van der Waals surface area contributed by atoms with Gasteiger partial charge in [-0.15, -0.1) is 0 Å². The zero-order chi connectivity index (χ0) is 21.4. The Bertz CT molecular complexity index is 955. The smallest absolute Gasteiger partial charge is 0.438 e. The molecule has 1 atom stereocenters. The summed E-state index contributed by atoms with van der Waals surface area (Å²) in [4.78, 5) is 12.5. The number of aryl methyl sites for hydroxylation is 3. The van der Waals surface area contributed by atoms with Crippen molar-refractivity contribution in [2.45, 2.75) is 39.1 Å². The molecule has 1 heterocycles. The summed E-state index contributed by atoms with van der Waals surface area (Å²) in [6.45, 7) is 4.90. The summed E-state index contributed by atoms with van der Waals surface area (Å²) >= 11 is 0. The molecular weight excluding hydrogens is 385 g/mol. The zero-order valence-corrected chi connectivity index (χ0v) is 16.2. The summed E-state index contributed by atoms with van der Waals surface area (Å²) in [5, 5.41) is 14.2. The number of hydrogen-bond acceptors (Lipinski definition) is 4. The van der Waals surface area contributed by atoms with E-state index in [1.165, 1.54) is 0 Å². The van der Waals surface area contributed by atoms with Crippen molar-refractivity contribution < 1.29 is 27.8 Å². The van der Waals surface area contributed by atoms with E-state index in [1.807, 2.05) is 20.8 Å². The van der Waals surface area contributed by atoms with E-state index in [1.54, 1.807) is 42.5 Å². The van der Waals surface area contributed by atoms with Crippen molar-refractivity contribution in [3.05, 3.63) is 64.7 Å². The number of alkyl halides is 3. The van der Waals surface area contributed by atoms with Crippen molar-refractivity contribution in [3.8, 4) is 5.75 Å². The van der Waals surface area contributed by atoms with Gasteiger partial charge in [0.1, 0.15) is 5.75 Å². The Morgan fingerprint density at radius 2 is 1.79 bits per heavy atom. The van der Waals surface area contributed by atoms with Gasteiger partial charge in [0, 0.05) is 0 Å². The van der Waals surface area contributed by atoms with E-state index in [0.29, 0.717) is 11.3 Å². The lowest BCUT2D eigenvalue weighted by Crippen LogP contribution is -2.57. The van der Waals surface area contributed by atoms with Crippen molar-refractivity contribution in [2.75, 3.05) is 6.61 Å². The van der Waals surface area contributed by atoms with Crippen LogP contribution in [-0.4, -0.2) is 40.2 Å². The summed E-state index contributed by atoms with van der Waals surface area (Å²) in [6, 6.07) is 11.7. The van der Waals surface area contributed by atoms with Crippen LogP contribution in [0.2, 0.25) is 0 Å². The Kier molecular flexibility index (Phi) is 5.40. The summed E-state index contributed by atoms with van der Waals surface area (Å²) in [5.74, 6) is -0.746. The zero-order valence-electron chi connectivity index (χ0n) is 16.2. The molecule has 0 saturated heterocycles. The molecule has 0 radical (unpaired) electrons. The topological polar surface area (TPSA) is 62.1 Å². The normalized spacial score (nSPS) is 19.3. The molecule has 0 bridgehead atoms. The van der Waals surface area contributed by atoms with Crippen LogP contribution in [0.25, 0.3) is 0 Å². The minimum absolute atomic E-state index is 0.0237. The first-order chi connectivity index (χ1) is 13.5. The molecule has 0 aromatic heterocycles. The highest BCUT2D eigenvalue weighted by Crippen LogP contribution is 2.41. The average molecular weight is 406 g/mol. The third-order valence-electron chi connectivity index (χ3n) is 4.90. The number of ether oxygens (including phenoxy) is 1. The number of benzene rings is 2. The largest absolute Gasteiger partial charge is 0.484 e. The van der Waals surface area contributed by atoms with Crippen molar-refractivity contribution in [3.63, 3.8) is 0 Å². The van der Waals surface area contributed by atoms with Crippen molar-refractivity contribution in [2.24, 2.45) is 5.10 Å². The second-order valence-corrected chi connectivity index (χ2v) is 7.14. The summed E-state index contributed by atoms with van der Waals surface area (Å²) < 4.78 is 46.2. The molecule has 2 aromatic carbocycles. The second kappa shape index (κ2) is 7.51. The van der Waals surface area contributed by atoms with Crippen LogP contribution in [0.15, 0.2) is 47.6 Å². The fourth-order valence-electron chi connectivity index (χ4n) is 2.95. The summed E-state index contributed by atoms with van der Waals surface area (Å²) in [6.07, 6.45) is -5.94. The quantitative estimate of drug-likeness (QED) is 0.838. The van der Waals surface area contributed by atoms with Crippen LogP contribution in [0.4, 0.5) is 13.2 Å². The highest BCUT2D eigenvalue weighted by Gasteiger charge is 2.63. The van der Waals surface area contributed by atoms with E-state index < -0.39 is 30.8 Å². The molecule has 1 aliphatic rings. The van der Waals surface area contributed by atoms with Gasteiger partial charge >= 0.3 is 6.18 Å². The maximum atomic E-state index is 13.6. The van der Waals surface area contributed by atoms with Crippen LogP contribution in [0, 0.1) is 20.8 Å². The van der Waals surface area contributed by atoms with Gasteiger partial charge in [0.25, 0.3) is 11.6 Å². The van der Waals surface area contributed by atoms with E-state index in [4.69, 9.17) is 4.74 Å². The summed E-state index contributed by atoms with van der Waals surface area (Å²) in [7, 11) is 0. The van der Waals surface area contributed by atoms with Crippen LogP contribution < -0.4 is 4.74 Å².